The minimum absolute atomic E-state index is 0.0151. The van der Waals surface area contributed by atoms with Gasteiger partial charge in [0.05, 0.1) is 11.1 Å². The summed E-state index contributed by atoms with van der Waals surface area (Å²) in [6.45, 7) is 5.88. The second kappa shape index (κ2) is 10.0. The van der Waals surface area contributed by atoms with E-state index in [0.717, 1.165) is 27.8 Å². The molecule has 0 aliphatic heterocycles. The van der Waals surface area contributed by atoms with Gasteiger partial charge in [-0.05, 0) is 44.0 Å². The number of aryl methyl sites for hydroxylation is 3. The van der Waals surface area contributed by atoms with Gasteiger partial charge in [0.15, 0.2) is 0 Å². The fraction of sp³-hybridized carbons (Fsp3) is 0.0968. The minimum atomic E-state index is -0.439. The van der Waals surface area contributed by atoms with Crippen LogP contribution in [0.4, 0.5) is 11.6 Å². The summed E-state index contributed by atoms with van der Waals surface area (Å²) >= 11 is 0. The number of hydrogen-bond donors (Lipinski definition) is 0. The van der Waals surface area contributed by atoms with Crippen LogP contribution < -0.4 is 0 Å². The van der Waals surface area contributed by atoms with Crippen molar-refractivity contribution in [2.24, 2.45) is 4.99 Å². The van der Waals surface area contributed by atoms with Crippen molar-refractivity contribution >= 4 is 17.8 Å². The molecule has 0 saturated carbocycles. The van der Waals surface area contributed by atoms with Crippen LogP contribution in [-0.4, -0.2) is 11.1 Å². The summed E-state index contributed by atoms with van der Waals surface area (Å²) < 4.78 is 12.1. The second-order valence-corrected chi connectivity index (χ2v) is 9.05. The van der Waals surface area contributed by atoms with E-state index in [-0.39, 0.29) is 11.6 Å². The highest BCUT2D eigenvalue weighted by molar-refractivity contribution is 5.89. The van der Waals surface area contributed by atoms with Gasteiger partial charge in [0.1, 0.15) is 28.9 Å². The van der Waals surface area contributed by atoms with Crippen molar-refractivity contribution in [1.29, 1.82) is 5.26 Å². The predicted molar refractivity (Wildman–Crippen MR) is 147 cm³/mol. The number of benzene rings is 3. The monoisotopic (exact) mass is 501 g/mol. The van der Waals surface area contributed by atoms with Crippen LogP contribution in [0.3, 0.4) is 0 Å². The van der Waals surface area contributed by atoms with Gasteiger partial charge in [0.2, 0.25) is 5.88 Å². The highest BCUT2D eigenvalue weighted by Crippen LogP contribution is 2.42. The lowest BCUT2D eigenvalue weighted by molar-refractivity contribution is -0.384. The fourth-order valence-corrected chi connectivity index (χ4v) is 4.20. The van der Waals surface area contributed by atoms with Gasteiger partial charge in [-0.1, -0.05) is 65.7 Å². The molecule has 0 aliphatic carbocycles. The maximum atomic E-state index is 11.2. The molecule has 7 nitrogen and oxygen atoms in total. The molecule has 2 aromatic heterocycles. The first kappa shape index (κ1) is 24.5. The van der Waals surface area contributed by atoms with Gasteiger partial charge in [0, 0.05) is 28.8 Å². The maximum absolute atomic E-state index is 11.2. The van der Waals surface area contributed by atoms with Gasteiger partial charge in [-0.2, -0.15) is 5.26 Å². The Morgan fingerprint density at radius 3 is 2.16 bits per heavy atom. The van der Waals surface area contributed by atoms with Crippen LogP contribution in [0.2, 0.25) is 0 Å². The number of furan rings is 2. The lowest BCUT2D eigenvalue weighted by Gasteiger charge is -2.05. The quantitative estimate of drug-likeness (QED) is 0.132. The molecule has 3 aromatic carbocycles. The molecule has 0 spiro atoms. The lowest BCUT2D eigenvalue weighted by atomic mass is 9.97. The van der Waals surface area contributed by atoms with E-state index in [1.807, 2.05) is 69.3 Å². The number of rotatable bonds is 6. The molecule has 0 saturated heterocycles. The number of nitro benzene ring substituents is 1. The number of aliphatic imine (C=N–C) groups is 1. The number of non-ortho nitro benzene ring substituents is 1. The number of hydrogen-bond acceptors (Lipinski definition) is 6. The SMILES string of the molecule is Cc1ccc(-c2oc(N=Cc3ccc(-c4cc([N+](=O)[O-])ccc4C)o3)c(C#N)c2-c2ccc(C)cc2)cc1. The van der Waals surface area contributed by atoms with Crippen LogP contribution >= 0.6 is 0 Å². The molecule has 0 N–H and O–H groups in total. The van der Waals surface area contributed by atoms with Gasteiger partial charge in [-0.15, -0.1) is 0 Å². The van der Waals surface area contributed by atoms with E-state index < -0.39 is 4.92 Å². The molecule has 5 rings (SSSR count). The molecule has 5 aromatic rings. The molecule has 7 heteroatoms. The van der Waals surface area contributed by atoms with Crippen molar-refractivity contribution < 1.29 is 13.8 Å². The fourth-order valence-electron chi connectivity index (χ4n) is 4.20. The van der Waals surface area contributed by atoms with Crippen LogP contribution in [0.1, 0.15) is 28.0 Å². The Bertz CT molecular complexity index is 1720. The topological polar surface area (TPSA) is 106 Å². The summed E-state index contributed by atoms with van der Waals surface area (Å²) in [5.41, 5.74) is 6.37. The highest BCUT2D eigenvalue weighted by atomic mass is 16.6. The summed E-state index contributed by atoms with van der Waals surface area (Å²) in [5.74, 6) is 1.63. The molecule has 0 bridgehead atoms. The van der Waals surface area contributed by atoms with Crippen LogP contribution in [0.15, 0.2) is 92.7 Å². The Labute approximate surface area is 219 Å². The van der Waals surface area contributed by atoms with E-state index in [9.17, 15) is 15.4 Å². The molecule has 0 unspecified atom stereocenters. The Hall–Kier alpha value is -5.22. The van der Waals surface area contributed by atoms with Crippen LogP contribution in [0.25, 0.3) is 33.8 Å². The summed E-state index contributed by atoms with van der Waals surface area (Å²) in [4.78, 5) is 15.2. The largest absolute Gasteiger partial charge is 0.455 e. The zero-order valence-corrected chi connectivity index (χ0v) is 21.1. The Kier molecular flexibility index (Phi) is 6.46. The molecule has 2 heterocycles. The Morgan fingerprint density at radius 1 is 0.868 bits per heavy atom. The maximum Gasteiger partial charge on any atom is 0.270 e. The van der Waals surface area contributed by atoms with Crippen molar-refractivity contribution in [3.63, 3.8) is 0 Å². The van der Waals surface area contributed by atoms with Gasteiger partial charge in [-0.25, -0.2) is 4.99 Å². The minimum Gasteiger partial charge on any atom is -0.455 e. The molecule has 0 radical (unpaired) electrons. The normalized spacial score (nSPS) is 11.1. The molecule has 0 atom stereocenters. The first-order valence-corrected chi connectivity index (χ1v) is 11.9. The molecular weight excluding hydrogens is 478 g/mol. The Morgan fingerprint density at radius 2 is 1.53 bits per heavy atom. The third-order valence-electron chi connectivity index (χ3n) is 6.29. The van der Waals surface area contributed by atoms with E-state index in [4.69, 9.17) is 8.83 Å². The zero-order chi connectivity index (χ0) is 26.8. The van der Waals surface area contributed by atoms with Crippen molar-refractivity contribution in [3.8, 4) is 39.8 Å². The second-order valence-electron chi connectivity index (χ2n) is 9.05. The van der Waals surface area contributed by atoms with Gasteiger partial charge in [-0.3, -0.25) is 10.1 Å². The average molecular weight is 502 g/mol. The van der Waals surface area contributed by atoms with Gasteiger partial charge in [0.25, 0.3) is 5.69 Å². The van der Waals surface area contributed by atoms with E-state index in [0.29, 0.717) is 34.0 Å². The molecule has 38 heavy (non-hydrogen) atoms. The van der Waals surface area contributed by atoms with Crippen LogP contribution in [0, 0.1) is 42.2 Å². The number of nitrogens with zero attached hydrogens (tertiary/aromatic N) is 3. The molecular formula is C31H23N3O4. The van der Waals surface area contributed by atoms with Crippen molar-refractivity contribution in [1.82, 2.24) is 0 Å². The average Bonchev–Trinajstić information content (AvgIpc) is 3.53. The van der Waals surface area contributed by atoms with E-state index in [1.54, 1.807) is 18.2 Å². The van der Waals surface area contributed by atoms with E-state index in [1.165, 1.54) is 18.3 Å². The molecule has 0 amide bonds. The van der Waals surface area contributed by atoms with Crippen LogP contribution in [0.5, 0.6) is 0 Å². The third-order valence-corrected chi connectivity index (χ3v) is 6.29. The van der Waals surface area contributed by atoms with E-state index in [2.05, 4.69) is 11.1 Å². The standard InChI is InChI=1S/C31H23N3O4/c1-19-4-9-22(10-5-19)29-27(17-32)31(38-30(29)23-11-6-20(2)7-12-23)33-18-25-14-15-28(37-25)26-16-24(34(35)36)13-8-21(26)3/h4-16,18H,1-3H3. The van der Waals surface area contributed by atoms with Crippen molar-refractivity contribution in [2.45, 2.75) is 20.8 Å². The van der Waals surface area contributed by atoms with Gasteiger partial charge >= 0.3 is 0 Å². The lowest BCUT2D eigenvalue weighted by Crippen LogP contribution is -1.90. The first-order valence-electron chi connectivity index (χ1n) is 11.9. The number of nitro groups is 1. The third kappa shape index (κ3) is 4.75. The van der Waals surface area contributed by atoms with Crippen molar-refractivity contribution in [2.75, 3.05) is 0 Å². The zero-order valence-electron chi connectivity index (χ0n) is 21.1. The van der Waals surface area contributed by atoms with Crippen LogP contribution in [-0.2, 0) is 0 Å². The molecule has 0 aliphatic rings. The summed E-state index contributed by atoms with van der Waals surface area (Å²) in [6.07, 6.45) is 1.48. The summed E-state index contributed by atoms with van der Waals surface area (Å²) in [7, 11) is 0. The first-order chi connectivity index (χ1) is 18.3. The summed E-state index contributed by atoms with van der Waals surface area (Å²) in [6, 6.07) is 26.2. The number of nitriles is 1. The van der Waals surface area contributed by atoms with E-state index >= 15 is 0 Å². The van der Waals surface area contributed by atoms with Crippen molar-refractivity contribution in [3.05, 3.63) is 117 Å². The molecule has 186 valence electrons. The summed E-state index contributed by atoms with van der Waals surface area (Å²) in [5, 5.41) is 21.3. The smallest absolute Gasteiger partial charge is 0.270 e. The van der Waals surface area contributed by atoms with Gasteiger partial charge < -0.3 is 8.83 Å². The predicted octanol–water partition coefficient (Wildman–Crippen LogP) is 8.33. The Balaban J connectivity index is 1.56. The molecule has 0 fully saturated rings. The highest BCUT2D eigenvalue weighted by Gasteiger charge is 2.23.